The second kappa shape index (κ2) is 13.3. The first kappa shape index (κ1) is 32.2. The fourth-order valence-corrected chi connectivity index (χ4v) is 5.83. The number of amides is 4. The summed E-state index contributed by atoms with van der Waals surface area (Å²) in [5.74, 6) is 0.289. The van der Waals surface area contributed by atoms with Crippen LogP contribution in [-0.2, 0) is 4.79 Å². The van der Waals surface area contributed by atoms with Gasteiger partial charge in [-0.2, -0.15) is 0 Å². The van der Waals surface area contributed by atoms with Crippen molar-refractivity contribution in [2.45, 2.75) is 84.9 Å². The van der Waals surface area contributed by atoms with E-state index in [1.807, 2.05) is 25.7 Å². The Labute approximate surface area is 250 Å². The second-order valence-corrected chi connectivity index (χ2v) is 11.4. The van der Waals surface area contributed by atoms with Crippen LogP contribution < -0.4 is 14.8 Å². The number of ether oxygens (including phenoxy) is 2. The molecule has 4 amide bonds. The first-order valence-electron chi connectivity index (χ1n) is 15.0. The standard InChI is InChI=1S/C32H40F3N3O5/c1-5-8-26(22-9-15-25(16-10-22)43-32(33,34)35)36-30(41)38-28(40)31(6-2,7-3)29(38)42-24-13-11-23(12-14-24)27(39)37-19-17-21(4)18-20-37/h9-16,21,26,29H,5-8,17-20H2,1-4H3,(H,36,41)/t26-,29+/m1/s1. The van der Waals surface area contributed by atoms with Crippen LogP contribution in [0.3, 0.4) is 0 Å². The van der Waals surface area contributed by atoms with E-state index in [9.17, 15) is 27.6 Å². The van der Waals surface area contributed by atoms with Crippen molar-refractivity contribution in [2.75, 3.05) is 13.1 Å². The third-order valence-corrected chi connectivity index (χ3v) is 8.64. The molecule has 234 valence electrons. The topological polar surface area (TPSA) is 88.2 Å². The highest BCUT2D eigenvalue weighted by Crippen LogP contribution is 2.46. The average molecular weight is 604 g/mol. The molecule has 2 aliphatic heterocycles. The fourth-order valence-electron chi connectivity index (χ4n) is 5.83. The monoisotopic (exact) mass is 603 g/mol. The number of alkyl halides is 3. The van der Waals surface area contributed by atoms with Crippen LogP contribution >= 0.6 is 0 Å². The van der Waals surface area contributed by atoms with Gasteiger partial charge in [0.2, 0.25) is 5.91 Å². The normalized spacial score (nSPS) is 19.4. The second-order valence-electron chi connectivity index (χ2n) is 11.4. The number of likely N-dealkylation sites (tertiary alicyclic amines) is 2. The number of rotatable bonds is 10. The summed E-state index contributed by atoms with van der Waals surface area (Å²) in [6.07, 6.45) is -1.63. The zero-order valence-electron chi connectivity index (χ0n) is 25.1. The Morgan fingerprint density at radius 2 is 1.56 bits per heavy atom. The fraction of sp³-hybridized carbons (Fsp3) is 0.531. The number of imide groups is 1. The third kappa shape index (κ3) is 7.08. The molecule has 4 rings (SSSR count). The lowest BCUT2D eigenvalue weighted by Gasteiger charge is -2.53. The molecule has 11 heteroatoms. The predicted octanol–water partition coefficient (Wildman–Crippen LogP) is 7.06. The molecule has 0 bridgehead atoms. The van der Waals surface area contributed by atoms with Crippen molar-refractivity contribution < 1.29 is 37.0 Å². The molecule has 2 heterocycles. The number of carbonyl (C=O) groups is 3. The van der Waals surface area contributed by atoms with E-state index in [4.69, 9.17) is 4.74 Å². The van der Waals surface area contributed by atoms with Gasteiger partial charge in [-0.1, -0.05) is 46.2 Å². The van der Waals surface area contributed by atoms with Gasteiger partial charge >= 0.3 is 12.4 Å². The van der Waals surface area contributed by atoms with Crippen molar-refractivity contribution >= 4 is 17.8 Å². The van der Waals surface area contributed by atoms with Gasteiger partial charge in [-0.05, 0) is 80.0 Å². The predicted molar refractivity (Wildman–Crippen MR) is 154 cm³/mol. The van der Waals surface area contributed by atoms with E-state index in [-0.39, 0.29) is 17.6 Å². The van der Waals surface area contributed by atoms with Crippen LogP contribution in [0, 0.1) is 11.3 Å². The van der Waals surface area contributed by atoms with E-state index in [0.29, 0.717) is 48.5 Å². The Hall–Kier alpha value is -3.76. The first-order chi connectivity index (χ1) is 20.4. The molecule has 0 spiro atoms. The lowest BCUT2D eigenvalue weighted by molar-refractivity contribution is -0.274. The highest BCUT2D eigenvalue weighted by atomic mass is 19.4. The zero-order valence-corrected chi connectivity index (χ0v) is 25.1. The van der Waals surface area contributed by atoms with Gasteiger partial charge in [0, 0.05) is 18.7 Å². The summed E-state index contributed by atoms with van der Waals surface area (Å²) < 4.78 is 47.9. The number of benzene rings is 2. The lowest BCUT2D eigenvalue weighted by atomic mass is 9.72. The molecular weight excluding hydrogens is 563 g/mol. The molecule has 43 heavy (non-hydrogen) atoms. The highest BCUT2D eigenvalue weighted by Gasteiger charge is 2.63. The van der Waals surface area contributed by atoms with Crippen molar-refractivity contribution in [1.82, 2.24) is 15.1 Å². The van der Waals surface area contributed by atoms with Crippen LogP contribution in [0.1, 0.15) is 88.2 Å². The van der Waals surface area contributed by atoms with Gasteiger partial charge in [0.05, 0.1) is 6.04 Å². The minimum atomic E-state index is -4.81. The van der Waals surface area contributed by atoms with E-state index in [1.165, 1.54) is 24.3 Å². The van der Waals surface area contributed by atoms with Gasteiger partial charge in [0.1, 0.15) is 16.9 Å². The molecule has 0 aliphatic carbocycles. The molecule has 0 aromatic heterocycles. The number of hydrogen-bond acceptors (Lipinski definition) is 5. The van der Waals surface area contributed by atoms with Crippen LogP contribution in [0.4, 0.5) is 18.0 Å². The molecule has 2 atom stereocenters. The Bertz CT molecular complexity index is 1270. The molecular formula is C32H40F3N3O5. The molecule has 0 unspecified atom stereocenters. The molecule has 2 fully saturated rings. The first-order valence-corrected chi connectivity index (χ1v) is 15.0. The average Bonchev–Trinajstić information content (AvgIpc) is 2.97. The molecule has 0 saturated carbocycles. The van der Waals surface area contributed by atoms with Gasteiger partial charge in [-0.3, -0.25) is 9.59 Å². The van der Waals surface area contributed by atoms with Crippen LogP contribution in [0.2, 0.25) is 0 Å². The van der Waals surface area contributed by atoms with Gasteiger partial charge < -0.3 is 19.7 Å². The van der Waals surface area contributed by atoms with Crippen molar-refractivity contribution in [2.24, 2.45) is 11.3 Å². The largest absolute Gasteiger partial charge is 0.573 e. The van der Waals surface area contributed by atoms with Crippen molar-refractivity contribution in [3.8, 4) is 11.5 Å². The zero-order chi connectivity index (χ0) is 31.4. The summed E-state index contributed by atoms with van der Waals surface area (Å²) in [4.78, 5) is 42.8. The molecule has 2 saturated heterocycles. The summed E-state index contributed by atoms with van der Waals surface area (Å²) in [5.41, 5.74) is 0.232. The van der Waals surface area contributed by atoms with Gasteiger partial charge in [0.15, 0.2) is 6.23 Å². The summed E-state index contributed by atoms with van der Waals surface area (Å²) in [7, 11) is 0. The number of nitrogens with one attached hydrogen (secondary N) is 1. The smallest absolute Gasteiger partial charge is 0.469 e. The number of urea groups is 1. The number of hydrogen-bond donors (Lipinski definition) is 1. The van der Waals surface area contributed by atoms with E-state index in [0.717, 1.165) is 30.8 Å². The third-order valence-electron chi connectivity index (χ3n) is 8.64. The maximum Gasteiger partial charge on any atom is 0.573 e. The molecule has 2 aromatic rings. The van der Waals surface area contributed by atoms with Crippen LogP contribution in [0.5, 0.6) is 11.5 Å². The Morgan fingerprint density at radius 3 is 2.09 bits per heavy atom. The molecule has 2 aliphatic rings. The molecule has 8 nitrogen and oxygen atoms in total. The van der Waals surface area contributed by atoms with E-state index < -0.39 is 30.1 Å². The number of carbonyl (C=O) groups excluding carboxylic acids is 3. The summed E-state index contributed by atoms with van der Waals surface area (Å²) in [5, 5.41) is 2.87. The molecule has 1 N–H and O–H groups in total. The van der Waals surface area contributed by atoms with Crippen molar-refractivity contribution in [3.05, 3.63) is 59.7 Å². The van der Waals surface area contributed by atoms with E-state index >= 15 is 0 Å². The van der Waals surface area contributed by atoms with Crippen LogP contribution in [-0.4, -0.2) is 53.3 Å². The highest BCUT2D eigenvalue weighted by molar-refractivity contribution is 6.03. The van der Waals surface area contributed by atoms with E-state index in [1.54, 1.807) is 24.3 Å². The summed E-state index contributed by atoms with van der Waals surface area (Å²) >= 11 is 0. The summed E-state index contributed by atoms with van der Waals surface area (Å²) in [6.45, 7) is 9.31. The maximum atomic E-state index is 13.5. The maximum absolute atomic E-state index is 13.5. The van der Waals surface area contributed by atoms with Crippen molar-refractivity contribution in [1.29, 1.82) is 0 Å². The number of β-lactam (4-membered cyclic amide) rings is 1. The molecule has 0 radical (unpaired) electrons. The van der Waals surface area contributed by atoms with Gasteiger partial charge in [-0.25, -0.2) is 9.69 Å². The Kier molecular flexibility index (Phi) is 9.92. The van der Waals surface area contributed by atoms with Gasteiger partial charge in [0.25, 0.3) is 5.91 Å². The van der Waals surface area contributed by atoms with Crippen molar-refractivity contribution in [3.63, 3.8) is 0 Å². The quantitative estimate of drug-likeness (QED) is 0.294. The Morgan fingerprint density at radius 1 is 0.977 bits per heavy atom. The minimum Gasteiger partial charge on any atom is -0.469 e. The van der Waals surface area contributed by atoms with E-state index in [2.05, 4.69) is 17.0 Å². The number of piperidine rings is 1. The Balaban J connectivity index is 1.48. The van der Waals surface area contributed by atoms with Crippen LogP contribution in [0.15, 0.2) is 48.5 Å². The number of nitrogens with zero attached hydrogens (tertiary/aromatic N) is 2. The minimum absolute atomic E-state index is 0.0327. The molecule has 2 aromatic carbocycles. The van der Waals surface area contributed by atoms with Crippen LogP contribution in [0.25, 0.3) is 0 Å². The lowest BCUT2D eigenvalue weighted by Crippen LogP contribution is -2.73. The number of halogens is 3. The SMILES string of the molecule is CCC[C@@H](NC(=O)N1C(=O)C(CC)(CC)[C@@H]1Oc1ccc(C(=O)N2CCC(C)CC2)cc1)c1ccc(OC(F)(F)F)cc1. The van der Waals surface area contributed by atoms with Gasteiger partial charge in [-0.15, -0.1) is 13.2 Å². The summed E-state index contributed by atoms with van der Waals surface area (Å²) in [6, 6.07) is 10.9.